The lowest BCUT2D eigenvalue weighted by Gasteiger charge is -2.32. The van der Waals surface area contributed by atoms with Crippen molar-refractivity contribution in [1.29, 1.82) is 0 Å². The summed E-state index contributed by atoms with van der Waals surface area (Å²) in [5.74, 6) is -0.382. The number of carbonyl (C=O) groups is 2. The third-order valence-electron chi connectivity index (χ3n) is 4.00. The highest BCUT2D eigenvalue weighted by Gasteiger charge is 2.32. The quantitative estimate of drug-likeness (QED) is 0.839. The van der Waals surface area contributed by atoms with Crippen LogP contribution in [0, 0.1) is 5.92 Å². The number of carbonyl (C=O) groups excluding carboxylic acids is 2. The number of rotatable bonds is 7. The second-order valence-corrected chi connectivity index (χ2v) is 6.31. The first-order chi connectivity index (χ1) is 12.0. The molecule has 0 aliphatic carbocycles. The first-order valence-electron chi connectivity index (χ1n) is 8.71. The van der Waals surface area contributed by atoms with Crippen molar-refractivity contribution in [3.8, 4) is 0 Å². The van der Waals surface area contributed by atoms with Gasteiger partial charge in [-0.1, -0.05) is 74.5 Å². The van der Waals surface area contributed by atoms with Crippen LogP contribution in [0.25, 0.3) is 0 Å². The standard InChI is InChI=1S/C21H26N2O2/c1-4-22-20(24)19(18-13-9-6-10-14-18)23(21(25)16(2)3)15-17-11-7-5-8-12-17/h5-14,16,19H,4,15H2,1-3H3,(H,22,24)/t19-/m1/s1. The highest BCUT2D eigenvalue weighted by Crippen LogP contribution is 2.25. The maximum atomic E-state index is 12.9. The molecule has 4 heteroatoms. The molecule has 0 aliphatic rings. The maximum Gasteiger partial charge on any atom is 0.247 e. The van der Waals surface area contributed by atoms with Gasteiger partial charge in [0.2, 0.25) is 11.8 Å². The summed E-state index contributed by atoms with van der Waals surface area (Å²) in [4.78, 5) is 27.4. The number of amides is 2. The molecule has 4 nitrogen and oxygen atoms in total. The zero-order chi connectivity index (χ0) is 18.2. The average Bonchev–Trinajstić information content (AvgIpc) is 2.62. The molecular formula is C21H26N2O2. The Labute approximate surface area is 149 Å². The van der Waals surface area contributed by atoms with Crippen molar-refractivity contribution < 1.29 is 9.59 Å². The summed E-state index contributed by atoms with van der Waals surface area (Å²) in [6, 6.07) is 18.6. The van der Waals surface area contributed by atoms with Crippen molar-refractivity contribution in [2.45, 2.75) is 33.4 Å². The zero-order valence-corrected chi connectivity index (χ0v) is 15.1. The van der Waals surface area contributed by atoms with E-state index in [9.17, 15) is 9.59 Å². The van der Waals surface area contributed by atoms with E-state index in [0.29, 0.717) is 13.1 Å². The van der Waals surface area contributed by atoms with Crippen LogP contribution < -0.4 is 5.32 Å². The Bertz CT molecular complexity index is 684. The van der Waals surface area contributed by atoms with Crippen LogP contribution in [0.5, 0.6) is 0 Å². The molecule has 0 saturated carbocycles. The molecule has 2 amide bonds. The van der Waals surface area contributed by atoms with Gasteiger partial charge in [-0.2, -0.15) is 0 Å². The fourth-order valence-electron chi connectivity index (χ4n) is 2.79. The maximum absolute atomic E-state index is 12.9. The van der Waals surface area contributed by atoms with Crippen molar-refractivity contribution in [3.63, 3.8) is 0 Å². The van der Waals surface area contributed by atoms with Gasteiger partial charge in [0.25, 0.3) is 0 Å². The third-order valence-corrected chi connectivity index (χ3v) is 4.00. The molecule has 132 valence electrons. The van der Waals surface area contributed by atoms with E-state index in [1.807, 2.05) is 81.4 Å². The summed E-state index contributed by atoms with van der Waals surface area (Å²) in [7, 11) is 0. The van der Waals surface area contributed by atoms with Gasteiger partial charge in [0.15, 0.2) is 0 Å². The fourth-order valence-corrected chi connectivity index (χ4v) is 2.79. The molecular weight excluding hydrogens is 312 g/mol. The highest BCUT2D eigenvalue weighted by molar-refractivity contribution is 5.89. The molecule has 2 aromatic rings. The molecule has 1 atom stereocenters. The van der Waals surface area contributed by atoms with Gasteiger partial charge in [0.05, 0.1) is 0 Å². The van der Waals surface area contributed by atoms with Gasteiger partial charge < -0.3 is 10.2 Å². The van der Waals surface area contributed by atoms with E-state index in [0.717, 1.165) is 11.1 Å². The average molecular weight is 338 g/mol. The summed E-state index contributed by atoms with van der Waals surface area (Å²) < 4.78 is 0. The topological polar surface area (TPSA) is 49.4 Å². The van der Waals surface area contributed by atoms with Crippen LogP contribution in [0.3, 0.4) is 0 Å². The van der Waals surface area contributed by atoms with E-state index < -0.39 is 6.04 Å². The number of nitrogens with one attached hydrogen (secondary N) is 1. The van der Waals surface area contributed by atoms with Gasteiger partial charge in [-0.3, -0.25) is 9.59 Å². The normalized spacial score (nSPS) is 11.8. The van der Waals surface area contributed by atoms with Gasteiger partial charge in [-0.05, 0) is 18.1 Å². The van der Waals surface area contributed by atoms with Crippen molar-refractivity contribution in [2.24, 2.45) is 5.92 Å². The van der Waals surface area contributed by atoms with Crippen molar-refractivity contribution in [1.82, 2.24) is 10.2 Å². The van der Waals surface area contributed by atoms with Crippen molar-refractivity contribution in [3.05, 3.63) is 71.8 Å². The summed E-state index contributed by atoms with van der Waals surface area (Å²) in [5, 5.41) is 2.87. The molecule has 0 bridgehead atoms. The number of hydrogen-bond donors (Lipinski definition) is 1. The number of benzene rings is 2. The van der Waals surface area contributed by atoms with Crippen LogP contribution in [-0.4, -0.2) is 23.3 Å². The van der Waals surface area contributed by atoms with Crippen LogP contribution in [0.1, 0.15) is 37.9 Å². The minimum Gasteiger partial charge on any atom is -0.354 e. The Morgan fingerprint density at radius 3 is 2.04 bits per heavy atom. The molecule has 2 aromatic carbocycles. The summed E-state index contributed by atoms with van der Waals surface area (Å²) in [6.07, 6.45) is 0. The van der Waals surface area contributed by atoms with Crippen LogP contribution in [-0.2, 0) is 16.1 Å². The summed E-state index contributed by atoms with van der Waals surface area (Å²) in [6.45, 7) is 6.53. The minimum absolute atomic E-state index is 0.0380. The second kappa shape index (κ2) is 9.02. The van der Waals surface area contributed by atoms with Gasteiger partial charge in [-0.25, -0.2) is 0 Å². The lowest BCUT2D eigenvalue weighted by Crippen LogP contribution is -2.44. The predicted molar refractivity (Wildman–Crippen MR) is 99.7 cm³/mol. The third kappa shape index (κ3) is 4.92. The smallest absolute Gasteiger partial charge is 0.247 e. The van der Waals surface area contributed by atoms with Gasteiger partial charge in [0, 0.05) is 19.0 Å². The van der Waals surface area contributed by atoms with E-state index in [4.69, 9.17) is 0 Å². The molecule has 1 N–H and O–H groups in total. The van der Waals surface area contributed by atoms with Crippen LogP contribution in [0.2, 0.25) is 0 Å². The molecule has 0 unspecified atom stereocenters. The molecule has 0 heterocycles. The number of hydrogen-bond acceptors (Lipinski definition) is 2. The van der Waals surface area contributed by atoms with E-state index >= 15 is 0 Å². The highest BCUT2D eigenvalue weighted by atomic mass is 16.2. The molecule has 0 radical (unpaired) electrons. The Hall–Kier alpha value is -2.62. The van der Waals surface area contributed by atoms with Gasteiger partial charge >= 0.3 is 0 Å². The molecule has 25 heavy (non-hydrogen) atoms. The van der Waals surface area contributed by atoms with E-state index in [1.165, 1.54) is 0 Å². The molecule has 0 saturated heterocycles. The Morgan fingerprint density at radius 2 is 1.52 bits per heavy atom. The Kier molecular flexibility index (Phi) is 6.75. The first-order valence-corrected chi connectivity index (χ1v) is 8.71. The van der Waals surface area contributed by atoms with Gasteiger partial charge in [-0.15, -0.1) is 0 Å². The van der Waals surface area contributed by atoms with E-state index in [2.05, 4.69) is 5.32 Å². The second-order valence-electron chi connectivity index (χ2n) is 6.31. The monoisotopic (exact) mass is 338 g/mol. The fraction of sp³-hybridized carbons (Fsp3) is 0.333. The Balaban J connectivity index is 2.44. The number of likely N-dealkylation sites (N-methyl/N-ethyl adjacent to an activating group) is 1. The number of nitrogens with zero attached hydrogens (tertiary/aromatic N) is 1. The van der Waals surface area contributed by atoms with E-state index in [-0.39, 0.29) is 17.7 Å². The predicted octanol–water partition coefficient (Wildman–Crippen LogP) is 3.55. The van der Waals surface area contributed by atoms with Crippen LogP contribution >= 0.6 is 0 Å². The minimum atomic E-state index is -0.642. The summed E-state index contributed by atoms with van der Waals surface area (Å²) in [5.41, 5.74) is 1.82. The lowest BCUT2D eigenvalue weighted by molar-refractivity contribution is -0.144. The molecule has 0 spiro atoms. The van der Waals surface area contributed by atoms with Crippen LogP contribution in [0.15, 0.2) is 60.7 Å². The summed E-state index contributed by atoms with van der Waals surface area (Å²) >= 11 is 0. The van der Waals surface area contributed by atoms with E-state index in [1.54, 1.807) is 4.90 Å². The van der Waals surface area contributed by atoms with Gasteiger partial charge in [0.1, 0.15) is 6.04 Å². The molecule has 2 rings (SSSR count). The van der Waals surface area contributed by atoms with Crippen LogP contribution in [0.4, 0.5) is 0 Å². The lowest BCUT2D eigenvalue weighted by atomic mass is 10.0. The first kappa shape index (κ1) is 18.7. The van der Waals surface area contributed by atoms with Crippen molar-refractivity contribution in [2.75, 3.05) is 6.54 Å². The molecule has 0 aromatic heterocycles. The molecule has 0 fully saturated rings. The van der Waals surface area contributed by atoms with Crippen molar-refractivity contribution >= 4 is 11.8 Å². The zero-order valence-electron chi connectivity index (χ0n) is 15.1. The Morgan fingerprint density at radius 1 is 0.960 bits per heavy atom. The molecule has 0 aliphatic heterocycles. The SMILES string of the molecule is CCNC(=O)[C@@H](c1ccccc1)N(Cc1ccccc1)C(=O)C(C)C. The largest absolute Gasteiger partial charge is 0.354 e.